The standard InChI is InChI=1S/C16H17N3O2S/c20-22(21)9-8-13-10-19(11-15(13)22)16-7-6-14(17-18-16)12-4-2-1-3-5-12/h1-7,13,15H,8-11H2/t13-,15+/m0/s1. The number of anilines is 1. The molecule has 0 radical (unpaired) electrons. The van der Waals surface area contributed by atoms with E-state index in [9.17, 15) is 8.42 Å². The topological polar surface area (TPSA) is 63.2 Å². The number of hydrogen-bond acceptors (Lipinski definition) is 5. The molecule has 2 aliphatic rings. The number of fused-ring (bicyclic) bond motifs is 1. The maximum Gasteiger partial charge on any atom is 0.155 e. The van der Waals surface area contributed by atoms with Gasteiger partial charge in [0.1, 0.15) is 0 Å². The van der Waals surface area contributed by atoms with Gasteiger partial charge in [0.05, 0.1) is 16.7 Å². The van der Waals surface area contributed by atoms with Crippen molar-refractivity contribution in [3.63, 3.8) is 0 Å². The molecule has 0 amide bonds. The zero-order valence-electron chi connectivity index (χ0n) is 12.1. The number of aromatic nitrogens is 2. The predicted molar refractivity (Wildman–Crippen MR) is 85.4 cm³/mol. The average molecular weight is 315 g/mol. The molecule has 2 aromatic rings. The van der Waals surface area contributed by atoms with E-state index in [2.05, 4.69) is 10.2 Å². The van der Waals surface area contributed by atoms with Crippen LogP contribution in [0.3, 0.4) is 0 Å². The van der Waals surface area contributed by atoms with Gasteiger partial charge in [0, 0.05) is 18.7 Å². The van der Waals surface area contributed by atoms with Gasteiger partial charge in [0.15, 0.2) is 15.7 Å². The molecule has 1 aromatic carbocycles. The van der Waals surface area contributed by atoms with Crippen LogP contribution >= 0.6 is 0 Å². The van der Waals surface area contributed by atoms with Gasteiger partial charge >= 0.3 is 0 Å². The molecule has 6 heteroatoms. The van der Waals surface area contributed by atoms with Gasteiger partial charge < -0.3 is 4.90 Å². The second-order valence-corrected chi connectivity index (χ2v) is 8.34. The quantitative estimate of drug-likeness (QED) is 0.845. The summed E-state index contributed by atoms with van der Waals surface area (Å²) in [6.07, 6.45) is 0.777. The maximum absolute atomic E-state index is 12.0. The van der Waals surface area contributed by atoms with Crippen LogP contribution in [0.2, 0.25) is 0 Å². The summed E-state index contributed by atoms with van der Waals surface area (Å²) < 4.78 is 24.0. The smallest absolute Gasteiger partial charge is 0.155 e. The lowest BCUT2D eigenvalue weighted by molar-refractivity contribution is 0.577. The summed E-state index contributed by atoms with van der Waals surface area (Å²) in [6.45, 7) is 1.32. The van der Waals surface area contributed by atoms with Crippen LogP contribution in [0.15, 0.2) is 42.5 Å². The Bertz CT molecular complexity index is 775. The molecule has 2 atom stereocenters. The van der Waals surface area contributed by atoms with Crippen LogP contribution in [0.1, 0.15) is 6.42 Å². The summed E-state index contributed by atoms with van der Waals surface area (Å²) in [5, 5.41) is 8.36. The van der Waals surface area contributed by atoms with Gasteiger partial charge in [0.2, 0.25) is 0 Å². The minimum atomic E-state index is -2.91. The zero-order chi connectivity index (χ0) is 15.2. The first kappa shape index (κ1) is 13.7. The summed E-state index contributed by atoms with van der Waals surface area (Å²) in [7, 11) is -2.91. The lowest BCUT2D eigenvalue weighted by Crippen LogP contribution is -2.27. The monoisotopic (exact) mass is 315 g/mol. The lowest BCUT2D eigenvalue weighted by Gasteiger charge is -2.17. The minimum Gasteiger partial charge on any atom is -0.353 e. The minimum absolute atomic E-state index is 0.219. The van der Waals surface area contributed by atoms with Crippen molar-refractivity contribution in [2.24, 2.45) is 5.92 Å². The predicted octanol–water partition coefficient (Wildman–Crippen LogP) is 1.77. The van der Waals surface area contributed by atoms with Crippen molar-refractivity contribution in [2.45, 2.75) is 11.7 Å². The number of nitrogens with zero attached hydrogens (tertiary/aromatic N) is 3. The molecule has 22 heavy (non-hydrogen) atoms. The van der Waals surface area contributed by atoms with Gasteiger partial charge in [0.25, 0.3) is 0 Å². The molecule has 0 bridgehead atoms. The Labute approximate surface area is 129 Å². The van der Waals surface area contributed by atoms with Crippen molar-refractivity contribution in [1.82, 2.24) is 10.2 Å². The highest BCUT2D eigenvalue weighted by atomic mass is 32.2. The lowest BCUT2D eigenvalue weighted by atomic mass is 10.1. The fourth-order valence-corrected chi connectivity index (χ4v) is 5.59. The number of benzene rings is 1. The van der Waals surface area contributed by atoms with Crippen molar-refractivity contribution in [3.8, 4) is 11.3 Å². The number of rotatable bonds is 2. The fourth-order valence-electron chi connectivity index (χ4n) is 3.44. The van der Waals surface area contributed by atoms with Crippen LogP contribution in [0.25, 0.3) is 11.3 Å². The van der Waals surface area contributed by atoms with E-state index in [-0.39, 0.29) is 11.2 Å². The Hall–Kier alpha value is -1.95. The number of sulfone groups is 1. The van der Waals surface area contributed by atoms with Crippen LogP contribution in [0, 0.1) is 5.92 Å². The van der Waals surface area contributed by atoms with E-state index in [1.54, 1.807) is 0 Å². The van der Waals surface area contributed by atoms with Gasteiger partial charge in [-0.2, -0.15) is 0 Å². The highest BCUT2D eigenvalue weighted by Gasteiger charge is 2.46. The van der Waals surface area contributed by atoms with E-state index in [1.807, 2.05) is 47.4 Å². The first-order valence-corrected chi connectivity index (χ1v) is 9.21. The first-order valence-electron chi connectivity index (χ1n) is 7.49. The molecule has 0 spiro atoms. The third-order valence-corrected chi connectivity index (χ3v) is 6.92. The van der Waals surface area contributed by atoms with Gasteiger partial charge in [-0.1, -0.05) is 30.3 Å². The van der Waals surface area contributed by atoms with Crippen LogP contribution < -0.4 is 4.90 Å². The Morgan fingerprint density at radius 2 is 1.82 bits per heavy atom. The van der Waals surface area contributed by atoms with Crippen molar-refractivity contribution in [2.75, 3.05) is 23.7 Å². The van der Waals surface area contributed by atoms with Crippen LogP contribution in [0.5, 0.6) is 0 Å². The zero-order valence-corrected chi connectivity index (χ0v) is 12.9. The Kier molecular flexibility index (Phi) is 3.14. The Morgan fingerprint density at radius 3 is 2.50 bits per heavy atom. The highest BCUT2D eigenvalue weighted by Crippen LogP contribution is 2.35. The average Bonchev–Trinajstić information content (AvgIpc) is 3.10. The SMILES string of the molecule is O=S1(=O)CC[C@H]2CN(c3ccc(-c4ccccc4)nn3)C[C@H]21. The third kappa shape index (κ3) is 2.27. The molecule has 5 nitrogen and oxygen atoms in total. The van der Waals surface area contributed by atoms with Gasteiger partial charge in [-0.15, -0.1) is 10.2 Å². The Balaban J connectivity index is 1.55. The van der Waals surface area contributed by atoms with E-state index in [0.29, 0.717) is 12.3 Å². The van der Waals surface area contributed by atoms with Gasteiger partial charge in [-0.3, -0.25) is 0 Å². The summed E-state index contributed by atoms with van der Waals surface area (Å²) in [6, 6.07) is 13.8. The summed E-state index contributed by atoms with van der Waals surface area (Å²) in [5.41, 5.74) is 1.86. The molecule has 4 rings (SSSR count). The van der Waals surface area contributed by atoms with Crippen molar-refractivity contribution >= 4 is 15.7 Å². The molecule has 2 aliphatic heterocycles. The molecular weight excluding hydrogens is 298 g/mol. The largest absolute Gasteiger partial charge is 0.353 e. The second-order valence-electron chi connectivity index (χ2n) is 6.00. The summed E-state index contributed by atoms with van der Waals surface area (Å²) >= 11 is 0. The van der Waals surface area contributed by atoms with E-state index < -0.39 is 9.84 Å². The second kappa shape index (κ2) is 5.05. The molecule has 0 aliphatic carbocycles. The van der Waals surface area contributed by atoms with Crippen LogP contribution in [-0.4, -0.2) is 42.7 Å². The maximum atomic E-state index is 12.0. The third-order valence-electron chi connectivity index (χ3n) is 4.66. The Morgan fingerprint density at radius 1 is 1.00 bits per heavy atom. The molecular formula is C16H17N3O2S. The molecule has 0 saturated carbocycles. The molecule has 2 fully saturated rings. The molecule has 114 valence electrons. The van der Waals surface area contributed by atoms with Crippen LogP contribution in [-0.2, 0) is 9.84 Å². The normalized spacial score (nSPS) is 26.1. The molecule has 2 saturated heterocycles. The highest BCUT2D eigenvalue weighted by molar-refractivity contribution is 7.92. The van der Waals surface area contributed by atoms with E-state index in [0.717, 1.165) is 30.0 Å². The fraction of sp³-hybridized carbons (Fsp3) is 0.375. The summed E-state index contributed by atoms with van der Waals surface area (Å²) in [5.74, 6) is 1.36. The number of hydrogen-bond donors (Lipinski definition) is 0. The summed E-state index contributed by atoms with van der Waals surface area (Å²) in [4.78, 5) is 2.05. The molecule has 0 N–H and O–H groups in total. The molecule has 3 heterocycles. The molecule has 1 aromatic heterocycles. The van der Waals surface area contributed by atoms with Crippen molar-refractivity contribution in [3.05, 3.63) is 42.5 Å². The van der Waals surface area contributed by atoms with Crippen LogP contribution in [0.4, 0.5) is 5.82 Å². The van der Waals surface area contributed by atoms with Gasteiger partial charge in [-0.25, -0.2) is 8.42 Å². The van der Waals surface area contributed by atoms with E-state index in [1.165, 1.54) is 0 Å². The van der Waals surface area contributed by atoms with Crippen molar-refractivity contribution < 1.29 is 8.42 Å². The van der Waals surface area contributed by atoms with E-state index >= 15 is 0 Å². The molecule has 0 unspecified atom stereocenters. The first-order chi connectivity index (χ1) is 10.6. The van der Waals surface area contributed by atoms with E-state index in [4.69, 9.17) is 0 Å². The van der Waals surface area contributed by atoms with Crippen molar-refractivity contribution in [1.29, 1.82) is 0 Å². The van der Waals surface area contributed by atoms with Gasteiger partial charge in [-0.05, 0) is 24.5 Å².